The first kappa shape index (κ1) is 51.7. The molecule has 0 aliphatic carbocycles. The number of benzene rings is 2. The van der Waals surface area contributed by atoms with Crippen LogP contribution in [0.4, 0.5) is 16.4 Å². The van der Waals surface area contributed by atoms with Crippen molar-refractivity contribution in [1.82, 2.24) is 15.3 Å². The lowest BCUT2D eigenvalue weighted by Crippen LogP contribution is -2.52. The van der Waals surface area contributed by atoms with E-state index in [4.69, 9.17) is 52.6 Å². The molecule has 6 rings (SSSR count). The number of carbonyl (C=O) groups is 1. The molecule has 2 saturated heterocycles. The Bertz CT molecular complexity index is 2120. The maximum atomic E-state index is 12.5. The van der Waals surface area contributed by atoms with Gasteiger partial charge in [-0.1, -0.05) is 63.0 Å². The molecule has 12 nitrogen and oxygen atoms in total. The van der Waals surface area contributed by atoms with Crippen molar-refractivity contribution in [3.63, 3.8) is 0 Å². The minimum atomic E-state index is -0.618. The van der Waals surface area contributed by atoms with Gasteiger partial charge < -0.3 is 45.4 Å². The second kappa shape index (κ2) is 23.9. The summed E-state index contributed by atoms with van der Waals surface area (Å²) in [6, 6.07) is 20.2. The number of pyridine rings is 2. The van der Waals surface area contributed by atoms with Gasteiger partial charge in [-0.2, -0.15) is 0 Å². The van der Waals surface area contributed by atoms with E-state index in [1.807, 2.05) is 101 Å². The second-order valence-electron chi connectivity index (χ2n) is 19.9. The first-order valence-electron chi connectivity index (χ1n) is 23.0. The summed E-state index contributed by atoms with van der Waals surface area (Å²) in [6.07, 6.45) is 9.05. The highest BCUT2D eigenvalue weighted by molar-refractivity contribution is 6.32. The second-order valence-corrected chi connectivity index (χ2v) is 20.7. The first-order valence-corrected chi connectivity index (χ1v) is 23.8. The molecule has 2 aliphatic heterocycles. The molecule has 2 fully saturated rings. The average molecular weight is 936 g/mol. The van der Waals surface area contributed by atoms with Crippen molar-refractivity contribution in [2.45, 2.75) is 130 Å². The molecule has 5 N–H and O–H groups in total. The molecule has 0 bridgehead atoms. The number of nitrogens with two attached hydrogens (primary N) is 1. The minimum absolute atomic E-state index is 0.260. The quantitative estimate of drug-likeness (QED) is 0.0801. The van der Waals surface area contributed by atoms with Crippen LogP contribution < -0.4 is 31.2 Å². The third kappa shape index (κ3) is 17.8. The molecule has 2 aromatic heterocycles. The lowest BCUT2D eigenvalue weighted by atomic mass is 9.91. The molecule has 356 valence electrons. The molecule has 1 amide bonds. The van der Waals surface area contributed by atoms with Crippen LogP contribution in [0.25, 0.3) is 22.3 Å². The fourth-order valence-electron chi connectivity index (χ4n) is 8.17. The van der Waals surface area contributed by atoms with Crippen molar-refractivity contribution in [3.8, 4) is 33.8 Å². The highest BCUT2D eigenvalue weighted by Crippen LogP contribution is 2.34. The number of anilines is 2. The number of nitrogens with zero attached hydrogens (tertiary/aromatic N) is 2. The van der Waals surface area contributed by atoms with Crippen molar-refractivity contribution < 1.29 is 28.5 Å². The van der Waals surface area contributed by atoms with Gasteiger partial charge in [-0.3, -0.25) is 0 Å². The zero-order chi connectivity index (χ0) is 47.2. The molecular formula is C51H72Cl2N6O6. The zero-order valence-corrected chi connectivity index (χ0v) is 41.4. The molecule has 65 heavy (non-hydrogen) atoms. The first-order chi connectivity index (χ1) is 30.7. The Hall–Kier alpha value is -4.33. The van der Waals surface area contributed by atoms with E-state index < -0.39 is 17.2 Å². The number of alkyl carbamates (subject to hydrolysis) is 1. The molecule has 2 unspecified atom stereocenters. The van der Waals surface area contributed by atoms with Gasteiger partial charge in [0.25, 0.3) is 0 Å². The minimum Gasteiger partial charge on any atom is -0.490 e. The number of hydrogen-bond donors (Lipinski definition) is 4. The molecule has 4 atom stereocenters. The maximum absolute atomic E-state index is 12.5. The number of nitrogens with one attached hydrogen (secondary N) is 3. The van der Waals surface area contributed by atoms with Crippen LogP contribution in [-0.4, -0.2) is 84.5 Å². The van der Waals surface area contributed by atoms with Crippen LogP contribution in [0.5, 0.6) is 11.5 Å². The molecule has 14 heteroatoms. The molecule has 4 aromatic rings. The van der Waals surface area contributed by atoms with Gasteiger partial charge in [0.2, 0.25) is 0 Å². The largest absolute Gasteiger partial charge is 0.490 e. The van der Waals surface area contributed by atoms with Gasteiger partial charge in [0.1, 0.15) is 41.9 Å². The number of halogens is 2. The van der Waals surface area contributed by atoms with Crippen molar-refractivity contribution >= 4 is 40.9 Å². The normalized spacial score (nSPS) is 18.4. The standard InChI is InChI=1S/C28H40ClN3O4.C23H32ClN3O2/c1-19(2)16-28(6,32-26(33)36-27(3,4)5)18-35-24-10-9-20(14-23(24)29)21-11-12-30-25(15-21)31-22-8-7-13-34-17-22;1-16(2)13-23(3,25)15-29-21-7-6-17(11-20(21)24)18-8-9-26-22(12-18)27-19-5-4-10-28-14-19/h9-12,14-15,19,22H,7-8,13,16-18H2,1-6H3,(H,30,31)(H,32,33);6-9,11-12,16,19H,4-5,10,13-15,25H2,1-3H3,(H,26,27)/t22?,28-;19?,23-/m00/s1. The van der Waals surface area contributed by atoms with Gasteiger partial charge in [0.15, 0.2) is 0 Å². The Balaban J connectivity index is 0.000000250. The molecule has 0 radical (unpaired) electrons. The predicted molar refractivity (Wildman–Crippen MR) is 265 cm³/mol. The number of ether oxygens (including phenoxy) is 5. The van der Waals surface area contributed by atoms with Crippen LogP contribution in [0.2, 0.25) is 10.0 Å². The average Bonchev–Trinajstić information content (AvgIpc) is 3.22. The highest BCUT2D eigenvalue weighted by atomic mass is 35.5. The molecule has 2 aromatic carbocycles. The molecule has 0 spiro atoms. The Labute approximate surface area is 397 Å². The summed E-state index contributed by atoms with van der Waals surface area (Å²) in [6.45, 7) is 21.8. The SMILES string of the molecule is CC(C)C[C@@](C)(COc1ccc(-c2ccnc(NC3CCCOC3)c2)cc1Cl)NC(=O)OC(C)(C)C.CC(C)C[C@](C)(N)COc1ccc(-c2ccnc(NC3CCCOC3)c2)cc1Cl. The molecule has 4 heterocycles. The van der Waals surface area contributed by atoms with Crippen LogP contribution in [0.3, 0.4) is 0 Å². The van der Waals surface area contributed by atoms with E-state index in [9.17, 15) is 4.79 Å². The van der Waals surface area contributed by atoms with E-state index in [2.05, 4.69) is 53.6 Å². The van der Waals surface area contributed by atoms with Gasteiger partial charge in [-0.15, -0.1) is 0 Å². The van der Waals surface area contributed by atoms with Crippen LogP contribution in [-0.2, 0) is 14.2 Å². The van der Waals surface area contributed by atoms with E-state index in [1.165, 1.54) is 0 Å². The predicted octanol–water partition coefficient (Wildman–Crippen LogP) is 11.8. The summed E-state index contributed by atoms with van der Waals surface area (Å²) in [5.74, 6) is 3.75. The molecule has 2 aliphatic rings. The number of rotatable bonds is 17. The highest BCUT2D eigenvalue weighted by Gasteiger charge is 2.31. The Morgan fingerprint density at radius 1 is 0.708 bits per heavy atom. The lowest BCUT2D eigenvalue weighted by Gasteiger charge is -2.33. The van der Waals surface area contributed by atoms with E-state index in [-0.39, 0.29) is 18.2 Å². The number of aromatic nitrogens is 2. The van der Waals surface area contributed by atoms with Crippen molar-refractivity contribution in [3.05, 3.63) is 83.1 Å². The summed E-state index contributed by atoms with van der Waals surface area (Å²) in [5, 5.41) is 11.0. The maximum Gasteiger partial charge on any atom is 0.408 e. The van der Waals surface area contributed by atoms with Gasteiger partial charge in [-0.05, 0) is 156 Å². The van der Waals surface area contributed by atoms with E-state index in [0.717, 1.165) is 92.2 Å². The smallest absolute Gasteiger partial charge is 0.408 e. The van der Waals surface area contributed by atoms with Crippen LogP contribution >= 0.6 is 23.2 Å². The summed E-state index contributed by atoms with van der Waals surface area (Å²) in [5.41, 5.74) is 8.81. The van der Waals surface area contributed by atoms with Crippen LogP contribution in [0.1, 0.15) is 101 Å². The monoisotopic (exact) mass is 934 g/mol. The zero-order valence-electron chi connectivity index (χ0n) is 39.9. The fraction of sp³-hybridized carbons (Fsp3) is 0.549. The number of carbonyl (C=O) groups excluding carboxylic acids is 1. The van der Waals surface area contributed by atoms with Gasteiger partial charge in [-0.25, -0.2) is 14.8 Å². The van der Waals surface area contributed by atoms with Crippen molar-refractivity contribution in [2.75, 3.05) is 50.3 Å². The lowest BCUT2D eigenvalue weighted by molar-refractivity contribution is 0.0408. The third-order valence-corrected chi connectivity index (χ3v) is 11.3. The number of hydrogen-bond acceptors (Lipinski definition) is 11. The summed E-state index contributed by atoms with van der Waals surface area (Å²) >= 11 is 13.1. The Morgan fingerprint density at radius 2 is 1.17 bits per heavy atom. The van der Waals surface area contributed by atoms with E-state index in [1.54, 1.807) is 6.20 Å². The number of amides is 1. The van der Waals surface area contributed by atoms with Crippen LogP contribution in [0.15, 0.2) is 73.1 Å². The molecule has 0 saturated carbocycles. The van der Waals surface area contributed by atoms with Crippen molar-refractivity contribution in [2.24, 2.45) is 17.6 Å². The summed E-state index contributed by atoms with van der Waals surface area (Å²) in [4.78, 5) is 21.4. The van der Waals surface area contributed by atoms with Gasteiger partial charge >= 0.3 is 6.09 Å². The van der Waals surface area contributed by atoms with Crippen LogP contribution in [0, 0.1) is 11.8 Å². The van der Waals surface area contributed by atoms with Gasteiger partial charge in [0, 0.05) is 31.1 Å². The Kier molecular flexibility index (Phi) is 19.0. The Morgan fingerprint density at radius 3 is 1.58 bits per heavy atom. The topological polar surface area (TPSA) is 151 Å². The fourth-order valence-corrected chi connectivity index (χ4v) is 8.64. The molecular weight excluding hydrogens is 864 g/mol. The third-order valence-electron chi connectivity index (χ3n) is 10.7. The van der Waals surface area contributed by atoms with Crippen molar-refractivity contribution in [1.29, 1.82) is 0 Å². The summed E-state index contributed by atoms with van der Waals surface area (Å²) < 4.78 is 28.6. The van der Waals surface area contributed by atoms with E-state index in [0.29, 0.717) is 52.6 Å². The van der Waals surface area contributed by atoms with Gasteiger partial charge in [0.05, 0.1) is 40.9 Å². The summed E-state index contributed by atoms with van der Waals surface area (Å²) in [7, 11) is 0. The van der Waals surface area contributed by atoms with E-state index >= 15 is 0 Å².